The van der Waals surface area contributed by atoms with Gasteiger partial charge in [-0.3, -0.25) is 4.57 Å². The molecule has 3 aromatic heterocycles. The molecule has 10 aromatic rings. The van der Waals surface area contributed by atoms with Crippen molar-refractivity contribution in [3.8, 4) is 51.0 Å². The highest BCUT2D eigenvalue weighted by molar-refractivity contribution is 6.18. The first-order valence-electron chi connectivity index (χ1n) is 17.7. The molecule has 7 aromatic carbocycles. The first-order chi connectivity index (χ1) is 26.2. The van der Waals surface area contributed by atoms with Crippen molar-refractivity contribution in [3.63, 3.8) is 0 Å². The predicted molar refractivity (Wildman–Crippen MR) is 218 cm³/mol. The lowest BCUT2D eigenvalue weighted by molar-refractivity contribution is 0.668. The van der Waals surface area contributed by atoms with Gasteiger partial charge in [-0.2, -0.15) is 9.97 Å². The van der Waals surface area contributed by atoms with E-state index < -0.39 is 0 Å². The number of alkyl halides is 1. The third-order valence-corrected chi connectivity index (χ3v) is 10.2. The van der Waals surface area contributed by atoms with Crippen LogP contribution in [0.3, 0.4) is 0 Å². The molecule has 6 heteroatoms. The molecular formula is C47H31ClN4O. The topological polar surface area (TPSA) is 56.7 Å². The highest BCUT2D eigenvalue weighted by atomic mass is 35.5. The maximum Gasteiger partial charge on any atom is 0.238 e. The Kier molecular flexibility index (Phi) is 7.59. The minimum Gasteiger partial charge on any atom is -0.456 e. The number of aryl methyl sites for hydroxylation is 1. The van der Waals surface area contributed by atoms with E-state index in [0.29, 0.717) is 23.5 Å². The highest BCUT2D eigenvalue weighted by Crippen LogP contribution is 2.38. The lowest BCUT2D eigenvalue weighted by atomic mass is 9.99. The van der Waals surface area contributed by atoms with Crippen molar-refractivity contribution in [2.24, 2.45) is 0 Å². The quantitative estimate of drug-likeness (QED) is 0.155. The van der Waals surface area contributed by atoms with Gasteiger partial charge in [-0.25, -0.2) is 4.98 Å². The predicted octanol–water partition coefficient (Wildman–Crippen LogP) is 12.3. The minimum absolute atomic E-state index is 0.557. The Morgan fingerprint density at radius 3 is 1.89 bits per heavy atom. The van der Waals surface area contributed by atoms with Gasteiger partial charge in [0.05, 0.1) is 11.0 Å². The molecule has 53 heavy (non-hydrogen) atoms. The van der Waals surface area contributed by atoms with Gasteiger partial charge >= 0.3 is 0 Å². The van der Waals surface area contributed by atoms with Gasteiger partial charge < -0.3 is 4.42 Å². The van der Waals surface area contributed by atoms with Crippen molar-refractivity contribution in [3.05, 3.63) is 169 Å². The molecule has 3 heterocycles. The summed E-state index contributed by atoms with van der Waals surface area (Å²) in [6.45, 7) is 0. The molecule has 0 N–H and O–H groups in total. The Balaban J connectivity index is 1.16. The monoisotopic (exact) mass is 702 g/mol. The maximum atomic E-state index is 6.26. The average Bonchev–Trinajstić information content (AvgIpc) is 3.77. The molecule has 10 rings (SSSR count). The summed E-state index contributed by atoms with van der Waals surface area (Å²) in [5.74, 6) is 2.36. The van der Waals surface area contributed by atoms with Crippen LogP contribution in [0.15, 0.2) is 168 Å². The molecule has 252 valence electrons. The van der Waals surface area contributed by atoms with Gasteiger partial charge in [0, 0.05) is 38.6 Å². The number of hydrogen-bond donors (Lipinski definition) is 0. The highest BCUT2D eigenvalue weighted by Gasteiger charge is 2.19. The van der Waals surface area contributed by atoms with Crippen LogP contribution in [0.25, 0.3) is 94.7 Å². The van der Waals surface area contributed by atoms with Gasteiger partial charge in [0.1, 0.15) is 11.2 Å². The Morgan fingerprint density at radius 1 is 0.453 bits per heavy atom. The first-order valence-corrected chi connectivity index (χ1v) is 18.3. The average molecular weight is 703 g/mol. The number of aromatic nitrogens is 4. The Labute approximate surface area is 310 Å². The van der Waals surface area contributed by atoms with E-state index in [1.807, 2.05) is 48.5 Å². The molecule has 5 nitrogen and oxygen atoms in total. The lowest BCUT2D eigenvalue weighted by Crippen LogP contribution is -2.06. The summed E-state index contributed by atoms with van der Waals surface area (Å²) in [4.78, 5) is 15.4. The summed E-state index contributed by atoms with van der Waals surface area (Å²) in [5, 5.41) is 4.48. The van der Waals surface area contributed by atoms with Crippen LogP contribution < -0.4 is 0 Å². The van der Waals surface area contributed by atoms with E-state index in [0.717, 1.165) is 83.5 Å². The third kappa shape index (κ3) is 5.45. The Hall–Kier alpha value is -6.56. The molecule has 0 unspecified atom stereocenters. The van der Waals surface area contributed by atoms with Crippen molar-refractivity contribution < 1.29 is 4.42 Å². The number of rotatable bonds is 7. The van der Waals surface area contributed by atoms with Crippen LogP contribution in [-0.4, -0.2) is 25.4 Å². The van der Waals surface area contributed by atoms with E-state index in [1.165, 1.54) is 5.56 Å². The van der Waals surface area contributed by atoms with E-state index >= 15 is 0 Å². The zero-order valence-electron chi connectivity index (χ0n) is 28.6. The minimum atomic E-state index is 0.557. The molecule has 0 aliphatic rings. The van der Waals surface area contributed by atoms with Gasteiger partial charge in [-0.05, 0) is 76.7 Å². The summed E-state index contributed by atoms with van der Waals surface area (Å²) in [5.41, 5.74) is 11.3. The fourth-order valence-corrected chi connectivity index (χ4v) is 7.74. The summed E-state index contributed by atoms with van der Waals surface area (Å²) in [7, 11) is 0. The second-order valence-corrected chi connectivity index (χ2v) is 13.6. The molecular weight excluding hydrogens is 672 g/mol. The second-order valence-electron chi connectivity index (χ2n) is 13.2. The molecule has 0 bridgehead atoms. The number of hydrogen-bond acceptors (Lipinski definition) is 4. The van der Waals surface area contributed by atoms with E-state index in [2.05, 4.69) is 120 Å². The van der Waals surface area contributed by atoms with Crippen LogP contribution in [0.2, 0.25) is 0 Å². The van der Waals surface area contributed by atoms with Gasteiger partial charge in [-0.15, -0.1) is 11.6 Å². The van der Waals surface area contributed by atoms with Crippen molar-refractivity contribution in [1.29, 1.82) is 0 Å². The maximum absolute atomic E-state index is 6.26. The molecule has 0 saturated carbocycles. The summed E-state index contributed by atoms with van der Waals surface area (Å²) >= 11 is 6.20. The standard InChI is InChI=1S/C47H31ClN4O/c48-26-25-31-15-10-20-43-44(31)39-29-35(22-24-42(39)53-43)34-21-23-41-38(28-34)37-18-7-8-19-40(37)52(41)47-50-45(32-13-5-2-6-14-32)49-46(51-47)36-17-9-16-33(27-36)30-11-3-1-4-12-30/h1-24,27-29H,25-26H2. The molecule has 0 aliphatic heterocycles. The molecule has 0 atom stereocenters. The van der Waals surface area contributed by atoms with Crippen molar-refractivity contribution in [2.45, 2.75) is 6.42 Å². The fraction of sp³-hybridized carbons (Fsp3) is 0.0426. The van der Waals surface area contributed by atoms with Gasteiger partial charge in [0.15, 0.2) is 11.6 Å². The van der Waals surface area contributed by atoms with Crippen molar-refractivity contribution in [1.82, 2.24) is 19.5 Å². The van der Waals surface area contributed by atoms with Crippen LogP contribution in [0, 0.1) is 0 Å². The molecule has 0 aliphatic carbocycles. The fourth-order valence-electron chi connectivity index (χ4n) is 7.54. The van der Waals surface area contributed by atoms with Crippen LogP contribution >= 0.6 is 11.6 Å². The number of furan rings is 1. The van der Waals surface area contributed by atoms with Crippen molar-refractivity contribution >= 4 is 55.3 Å². The first kappa shape index (κ1) is 31.2. The van der Waals surface area contributed by atoms with E-state index in [1.54, 1.807) is 0 Å². The molecule has 0 amide bonds. The third-order valence-electron chi connectivity index (χ3n) is 10.0. The van der Waals surface area contributed by atoms with E-state index in [-0.39, 0.29) is 0 Å². The Bertz CT molecular complexity index is 2970. The summed E-state index contributed by atoms with van der Waals surface area (Å²) in [6, 6.07) is 56.7. The number of halogens is 1. The number of para-hydroxylation sites is 1. The zero-order chi connectivity index (χ0) is 35.3. The van der Waals surface area contributed by atoms with E-state index in [9.17, 15) is 0 Å². The van der Waals surface area contributed by atoms with Crippen LogP contribution in [0.4, 0.5) is 0 Å². The molecule has 0 saturated heterocycles. The van der Waals surface area contributed by atoms with Crippen LogP contribution in [0.5, 0.6) is 0 Å². The smallest absolute Gasteiger partial charge is 0.238 e. The lowest BCUT2D eigenvalue weighted by Gasteiger charge is -2.12. The summed E-state index contributed by atoms with van der Waals surface area (Å²) in [6.07, 6.45) is 0.784. The van der Waals surface area contributed by atoms with Gasteiger partial charge in [0.2, 0.25) is 5.95 Å². The SMILES string of the molecule is ClCCc1cccc2oc3ccc(-c4ccc5c(c4)c4ccccc4n5-c4nc(-c5ccccc5)nc(-c5cccc(-c6ccccc6)c5)n4)cc3c12. The normalized spacial score (nSPS) is 11.6. The van der Waals surface area contributed by atoms with Crippen LogP contribution in [-0.2, 0) is 6.42 Å². The summed E-state index contributed by atoms with van der Waals surface area (Å²) < 4.78 is 8.42. The molecule has 0 spiro atoms. The molecule has 0 radical (unpaired) electrons. The zero-order valence-corrected chi connectivity index (χ0v) is 29.3. The number of nitrogens with zero attached hydrogens (tertiary/aromatic N) is 4. The second kappa shape index (κ2) is 12.9. The Morgan fingerprint density at radius 2 is 1.08 bits per heavy atom. The van der Waals surface area contributed by atoms with E-state index in [4.69, 9.17) is 31.0 Å². The number of benzene rings is 7. The largest absolute Gasteiger partial charge is 0.456 e. The number of fused-ring (bicyclic) bond motifs is 6. The molecule has 0 fully saturated rings. The van der Waals surface area contributed by atoms with Gasteiger partial charge in [0.25, 0.3) is 0 Å². The van der Waals surface area contributed by atoms with Crippen molar-refractivity contribution in [2.75, 3.05) is 5.88 Å². The van der Waals surface area contributed by atoms with Gasteiger partial charge in [-0.1, -0.05) is 121 Å². The van der Waals surface area contributed by atoms with Crippen LogP contribution in [0.1, 0.15) is 5.56 Å².